The molecule has 0 saturated heterocycles. The number of thioether (sulfide) groups is 1. The number of anilines is 2. The SMILES string of the molecule is CCC(=O)Nc1cccc(NC(=O)CSc2nnnn2-c2cccc(OC)c2)c1. The van der Waals surface area contributed by atoms with E-state index in [1.807, 2.05) is 18.2 Å². The highest BCUT2D eigenvalue weighted by atomic mass is 32.2. The molecule has 10 heteroatoms. The van der Waals surface area contributed by atoms with Crippen LogP contribution < -0.4 is 15.4 Å². The number of benzene rings is 2. The molecule has 0 bridgehead atoms. The summed E-state index contributed by atoms with van der Waals surface area (Å²) in [6, 6.07) is 14.3. The zero-order valence-electron chi connectivity index (χ0n) is 16.0. The predicted octanol–water partition coefficient (Wildman–Crippen LogP) is 2.75. The van der Waals surface area contributed by atoms with Gasteiger partial charge >= 0.3 is 0 Å². The molecule has 2 amide bonds. The number of hydrogen-bond donors (Lipinski definition) is 2. The molecule has 0 aliphatic heterocycles. The van der Waals surface area contributed by atoms with Crippen molar-refractivity contribution in [2.24, 2.45) is 0 Å². The molecule has 0 fully saturated rings. The summed E-state index contributed by atoms with van der Waals surface area (Å²) in [6.45, 7) is 1.78. The summed E-state index contributed by atoms with van der Waals surface area (Å²) in [5.74, 6) is 0.500. The topological polar surface area (TPSA) is 111 Å². The number of hydrogen-bond acceptors (Lipinski definition) is 7. The molecule has 29 heavy (non-hydrogen) atoms. The standard InChI is InChI=1S/C19H20N6O3S/c1-3-17(26)20-13-6-4-7-14(10-13)21-18(27)12-29-19-22-23-24-25(19)15-8-5-9-16(11-15)28-2/h4-11H,3,12H2,1-2H3,(H,20,26)(H,21,27). The number of carbonyl (C=O) groups excluding carboxylic acids is 2. The molecule has 2 aromatic carbocycles. The molecule has 0 atom stereocenters. The number of carbonyl (C=O) groups is 2. The van der Waals surface area contributed by atoms with Gasteiger partial charge in [-0.3, -0.25) is 9.59 Å². The third-order valence-corrected chi connectivity index (χ3v) is 4.74. The van der Waals surface area contributed by atoms with Crippen molar-refractivity contribution in [2.45, 2.75) is 18.5 Å². The van der Waals surface area contributed by atoms with E-state index < -0.39 is 0 Å². The molecule has 150 valence electrons. The highest BCUT2D eigenvalue weighted by Crippen LogP contribution is 2.22. The van der Waals surface area contributed by atoms with Crippen LogP contribution in [0.25, 0.3) is 5.69 Å². The van der Waals surface area contributed by atoms with Gasteiger partial charge in [0.2, 0.25) is 17.0 Å². The van der Waals surface area contributed by atoms with Gasteiger partial charge in [0.1, 0.15) is 5.75 Å². The number of aromatic nitrogens is 4. The van der Waals surface area contributed by atoms with Crippen molar-refractivity contribution in [1.82, 2.24) is 20.2 Å². The second kappa shape index (κ2) is 9.69. The van der Waals surface area contributed by atoms with Crippen LogP contribution in [-0.2, 0) is 9.59 Å². The van der Waals surface area contributed by atoms with Crippen molar-refractivity contribution in [3.05, 3.63) is 48.5 Å². The first-order chi connectivity index (χ1) is 14.1. The second-order valence-corrected chi connectivity index (χ2v) is 6.84. The average Bonchev–Trinajstić information content (AvgIpc) is 3.21. The van der Waals surface area contributed by atoms with Crippen molar-refractivity contribution in [1.29, 1.82) is 0 Å². The van der Waals surface area contributed by atoms with E-state index in [-0.39, 0.29) is 17.6 Å². The number of rotatable bonds is 8. The zero-order valence-corrected chi connectivity index (χ0v) is 16.8. The van der Waals surface area contributed by atoms with Gasteiger partial charge < -0.3 is 15.4 Å². The van der Waals surface area contributed by atoms with Gasteiger partial charge in [0, 0.05) is 23.9 Å². The lowest BCUT2D eigenvalue weighted by atomic mass is 10.2. The molecule has 0 saturated carbocycles. The Balaban J connectivity index is 1.61. The van der Waals surface area contributed by atoms with E-state index in [0.29, 0.717) is 28.7 Å². The van der Waals surface area contributed by atoms with Gasteiger partial charge in [-0.1, -0.05) is 30.8 Å². The quantitative estimate of drug-likeness (QED) is 0.547. The Bertz CT molecular complexity index is 1010. The molecule has 9 nitrogen and oxygen atoms in total. The van der Waals surface area contributed by atoms with Gasteiger partial charge in [-0.15, -0.1) is 5.10 Å². The van der Waals surface area contributed by atoms with Crippen molar-refractivity contribution >= 4 is 35.0 Å². The number of nitrogens with zero attached hydrogens (tertiary/aromatic N) is 4. The summed E-state index contributed by atoms with van der Waals surface area (Å²) in [7, 11) is 1.58. The first-order valence-electron chi connectivity index (χ1n) is 8.84. The van der Waals surface area contributed by atoms with E-state index in [4.69, 9.17) is 4.74 Å². The Morgan fingerprint density at radius 1 is 1.07 bits per heavy atom. The largest absolute Gasteiger partial charge is 0.497 e. The minimum absolute atomic E-state index is 0.0894. The Labute approximate surface area is 171 Å². The molecule has 0 spiro atoms. The molecule has 0 aliphatic rings. The lowest BCUT2D eigenvalue weighted by Crippen LogP contribution is -2.15. The lowest BCUT2D eigenvalue weighted by Gasteiger charge is -2.09. The Morgan fingerprint density at radius 2 is 1.79 bits per heavy atom. The van der Waals surface area contributed by atoms with Crippen molar-refractivity contribution in [3.63, 3.8) is 0 Å². The third kappa shape index (κ3) is 5.55. The van der Waals surface area contributed by atoms with Gasteiger partial charge in [0.25, 0.3) is 0 Å². The number of ether oxygens (including phenoxy) is 1. The van der Waals surface area contributed by atoms with Crippen molar-refractivity contribution < 1.29 is 14.3 Å². The number of nitrogens with one attached hydrogen (secondary N) is 2. The van der Waals surface area contributed by atoms with E-state index >= 15 is 0 Å². The monoisotopic (exact) mass is 412 g/mol. The molecular weight excluding hydrogens is 392 g/mol. The van der Waals surface area contributed by atoms with Crippen molar-refractivity contribution in [2.75, 3.05) is 23.5 Å². The smallest absolute Gasteiger partial charge is 0.234 e. The maximum Gasteiger partial charge on any atom is 0.234 e. The van der Waals surface area contributed by atoms with Gasteiger partial charge in [-0.25, -0.2) is 0 Å². The number of amides is 2. The molecule has 3 rings (SSSR count). The van der Waals surface area contributed by atoms with Gasteiger partial charge in [-0.2, -0.15) is 4.68 Å². The minimum atomic E-state index is -0.214. The molecule has 0 radical (unpaired) electrons. The molecule has 3 aromatic rings. The maximum absolute atomic E-state index is 12.3. The molecular formula is C19H20N6O3S. The maximum atomic E-state index is 12.3. The molecule has 0 aliphatic carbocycles. The Morgan fingerprint density at radius 3 is 2.52 bits per heavy atom. The first-order valence-corrected chi connectivity index (χ1v) is 9.83. The van der Waals surface area contributed by atoms with E-state index in [1.54, 1.807) is 49.0 Å². The van der Waals surface area contributed by atoms with E-state index in [1.165, 1.54) is 11.8 Å². The van der Waals surface area contributed by atoms with Gasteiger partial charge in [0.15, 0.2) is 0 Å². The number of tetrazole rings is 1. The molecule has 1 aromatic heterocycles. The lowest BCUT2D eigenvalue weighted by molar-refractivity contribution is -0.116. The third-order valence-electron chi connectivity index (χ3n) is 3.82. The zero-order chi connectivity index (χ0) is 20.6. The minimum Gasteiger partial charge on any atom is -0.497 e. The van der Waals surface area contributed by atoms with E-state index in [0.717, 1.165) is 5.69 Å². The Hall–Kier alpha value is -3.40. The fourth-order valence-corrected chi connectivity index (χ4v) is 3.12. The van der Waals surface area contributed by atoms with Crippen LogP contribution in [0, 0.1) is 0 Å². The van der Waals surface area contributed by atoms with Crippen molar-refractivity contribution in [3.8, 4) is 11.4 Å². The second-order valence-electron chi connectivity index (χ2n) is 5.89. The molecule has 1 heterocycles. The highest BCUT2D eigenvalue weighted by molar-refractivity contribution is 7.99. The van der Waals surface area contributed by atoms with E-state index in [2.05, 4.69) is 26.2 Å². The normalized spacial score (nSPS) is 10.4. The fraction of sp³-hybridized carbons (Fsp3) is 0.211. The first kappa shape index (κ1) is 20.3. The summed E-state index contributed by atoms with van der Waals surface area (Å²) < 4.78 is 6.76. The number of methoxy groups -OCH3 is 1. The summed E-state index contributed by atoms with van der Waals surface area (Å²) in [5, 5.41) is 17.7. The van der Waals surface area contributed by atoms with Crippen LogP contribution in [0.4, 0.5) is 11.4 Å². The summed E-state index contributed by atoms with van der Waals surface area (Å²) in [4.78, 5) is 23.8. The predicted molar refractivity (Wildman–Crippen MR) is 110 cm³/mol. The van der Waals surface area contributed by atoms with E-state index in [9.17, 15) is 9.59 Å². The van der Waals surface area contributed by atoms with Crippen LogP contribution >= 0.6 is 11.8 Å². The van der Waals surface area contributed by atoms with Gasteiger partial charge in [0.05, 0.1) is 18.6 Å². The van der Waals surface area contributed by atoms with Crippen LogP contribution in [0.2, 0.25) is 0 Å². The summed E-state index contributed by atoms with van der Waals surface area (Å²) in [6.07, 6.45) is 0.384. The van der Waals surface area contributed by atoms with Crippen LogP contribution in [0.3, 0.4) is 0 Å². The van der Waals surface area contributed by atoms with Crippen LogP contribution in [-0.4, -0.2) is 44.9 Å². The molecule has 2 N–H and O–H groups in total. The van der Waals surface area contributed by atoms with Gasteiger partial charge in [-0.05, 0) is 40.8 Å². The summed E-state index contributed by atoms with van der Waals surface area (Å²) in [5.41, 5.74) is 1.96. The average molecular weight is 412 g/mol. The fourth-order valence-electron chi connectivity index (χ4n) is 2.42. The highest BCUT2D eigenvalue weighted by Gasteiger charge is 2.12. The summed E-state index contributed by atoms with van der Waals surface area (Å²) >= 11 is 1.21. The molecule has 0 unspecified atom stereocenters. The Kier molecular flexibility index (Phi) is 6.80. The van der Waals surface area contributed by atoms with Crippen LogP contribution in [0.1, 0.15) is 13.3 Å². The van der Waals surface area contributed by atoms with Crippen LogP contribution in [0.5, 0.6) is 5.75 Å². The van der Waals surface area contributed by atoms with Crippen LogP contribution in [0.15, 0.2) is 53.7 Å².